The fourth-order valence-corrected chi connectivity index (χ4v) is 4.94. The summed E-state index contributed by atoms with van der Waals surface area (Å²) in [4.78, 5) is 0. The van der Waals surface area contributed by atoms with E-state index >= 15 is 0 Å². The number of aliphatic hydroxyl groups is 2. The van der Waals surface area contributed by atoms with Crippen LogP contribution in [0.4, 0.5) is 0 Å². The molecule has 0 aromatic carbocycles. The molecule has 0 aromatic heterocycles. The summed E-state index contributed by atoms with van der Waals surface area (Å²) >= 11 is 0. The van der Waals surface area contributed by atoms with E-state index in [4.69, 9.17) is 0 Å². The Labute approximate surface area is 137 Å². The Morgan fingerprint density at radius 2 is 1.91 bits per heavy atom. The molecule has 0 saturated heterocycles. The Kier molecular flexibility index (Phi) is 6.13. The van der Waals surface area contributed by atoms with Crippen molar-refractivity contribution in [1.82, 2.24) is 0 Å². The molecular weight excluding hydrogens is 272 g/mol. The van der Waals surface area contributed by atoms with Gasteiger partial charge in [-0.25, -0.2) is 0 Å². The highest BCUT2D eigenvalue weighted by Crippen LogP contribution is 2.51. The summed E-state index contributed by atoms with van der Waals surface area (Å²) in [6.07, 6.45) is 8.77. The molecule has 5 atom stereocenters. The average molecular weight is 309 g/mol. The lowest BCUT2D eigenvalue weighted by Gasteiger charge is -2.50. The predicted molar refractivity (Wildman–Crippen MR) is 92.7 cm³/mol. The van der Waals surface area contributed by atoms with E-state index in [9.17, 15) is 10.2 Å². The summed E-state index contributed by atoms with van der Waals surface area (Å²) in [6, 6.07) is 0. The van der Waals surface area contributed by atoms with Crippen molar-refractivity contribution in [2.24, 2.45) is 23.2 Å². The summed E-state index contributed by atoms with van der Waals surface area (Å²) in [6.45, 7) is 9.32. The number of hydrogen-bond acceptors (Lipinski definition) is 2. The second-order valence-corrected chi connectivity index (χ2v) is 8.28. The third-order valence-corrected chi connectivity index (χ3v) is 7.02. The summed E-state index contributed by atoms with van der Waals surface area (Å²) in [7, 11) is 0. The Morgan fingerprint density at radius 1 is 1.18 bits per heavy atom. The van der Waals surface area contributed by atoms with Crippen LogP contribution in [0.3, 0.4) is 0 Å². The molecule has 3 unspecified atom stereocenters. The Hall–Kier alpha value is -0.340. The second kappa shape index (κ2) is 7.49. The number of allylic oxidation sites excluding steroid dienone is 1. The highest BCUT2D eigenvalue weighted by atomic mass is 16.3. The zero-order valence-corrected chi connectivity index (χ0v) is 15.1. The summed E-state index contributed by atoms with van der Waals surface area (Å²) in [5.41, 5.74) is 2.84. The van der Waals surface area contributed by atoms with Gasteiger partial charge in [0.25, 0.3) is 0 Å². The van der Waals surface area contributed by atoms with Crippen LogP contribution >= 0.6 is 0 Å². The fourth-order valence-electron chi connectivity index (χ4n) is 4.94. The van der Waals surface area contributed by atoms with Crippen LogP contribution in [-0.4, -0.2) is 22.9 Å². The van der Waals surface area contributed by atoms with E-state index in [0.717, 1.165) is 31.6 Å². The van der Waals surface area contributed by atoms with Gasteiger partial charge in [0.15, 0.2) is 0 Å². The first kappa shape index (κ1) is 18.0. The largest absolute Gasteiger partial charge is 0.396 e. The van der Waals surface area contributed by atoms with Gasteiger partial charge in [-0.3, -0.25) is 0 Å². The topological polar surface area (TPSA) is 40.5 Å². The van der Waals surface area contributed by atoms with Crippen molar-refractivity contribution in [2.75, 3.05) is 6.61 Å². The van der Waals surface area contributed by atoms with Crippen LogP contribution < -0.4 is 0 Å². The maximum Gasteiger partial charge on any atom is 0.0633 e. The lowest BCUT2D eigenvalue weighted by Crippen LogP contribution is -2.47. The average Bonchev–Trinajstić information content (AvgIpc) is 2.51. The van der Waals surface area contributed by atoms with Crippen molar-refractivity contribution in [2.45, 2.75) is 85.2 Å². The van der Waals surface area contributed by atoms with E-state index in [1.165, 1.54) is 36.8 Å². The predicted octanol–water partition coefficient (Wildman–Crippen LogP) is 4.70. The van der Waals surface area contributed by atoms with Crippen LogP contribution in [0.15, 0.2) is 11.1 Å². The number of aliphatic hydroxyl groups excluding tert-OH is 2. The van der Waals surface area contributed by atoms with Gasteiger partial charge >= 0.3 is 0 Å². The maximum absolute atomic E-state index is 11.0. The molecule has 128 valence electrons. The first-order valence-corrected chi connectivity index (χ1v) is 9.36. The van der Waals surface area contributed by atoms with Crippen LogP contribution in [0.2, 0.25) is 0 Å². The zero-order valence-electron chi connectivity index (χ0n) is 15.1. The quantitative estimate of drug-likeness (QED) is 0.726. The van der Waals surface area contributed by atoms with Crippen molar-refractivity contribution in [3.8, 4) is 0 Å². The van der Waals surface area contributed by atoms with Gasteiger partial charge in [-0.05, 0) is 75.5 Å². The standard InChI is InChI=1S/C20H36O2/c1-5-16-9-8-14(2)15(3)11-19(22)20(4)10-6-7-17(13-21)18(20)12-16/h16-19,21-22H,5-13H2,1-4H3/b15-14+/t16?,17-,18?,19?,20+/m0/s1. The van der Waals surface area contributed by atoms with Gasteiger partial charge in [0.1, 0.15) is 0 Å². The van der Waals surface area contributed by atoms with Crippen molar-refractivity contribution < 1.29 is 10.2 Å². The van der Waals surface area contributed by atoms with Crippen LogP contribution in [-0.2, 0) is 0 Å². The molecule has 2 nitrogen and oxygen atoms in total. The Bertz CT molecular complexity index is 401. The first-order chi connectivity index (χ1) is 10.4. The SMILES string of the molecule is CCC1CC/C(C)=C(\C)CC(O)[C@]2(C)CCC[C@@H](CO)C2C1. The van der Waals surface area contributed by atoms with E-state index in [1.807, 2.05) is 0 Å². The smallest absolute Gasteiger partial charge is 0.0633 e. The summed E-state index contributed by atoms with van der Waals surface area (Å²) in [5, 5.41) is 20.9. The molecule has 0 spiro atoms. The van der Waals surface area contributed by atoms with Crippen molar-refractivity contribution in [3.63, 3.8) is 0 Å². The maximum atomic E-state index is 11.0. The molecule has 1 saturated carbocycles. The van der Waals surface area contributed by atoms with Crippen molar-refractivity contribution >= 4 is 0 Å². The molecule has 0 radical (unpaired) electrons. The molecule has 2 aliphatic rings. The number of fused-ring (bicyclic) bond motifs is 1. The summed E-state index contributed by atoms with van der Waals surface area (Å²) < 4.78 is 0. The lowest BCUT2D eigenvalue weighted by molar-refractivity contribution is -0.0770. The first-order valence-electron chi connectivity index (χ1n) is 9.36. The molecule has 0 aliphatic heterocycles. The monoisotopic (exact) mass is 308 g/mol. The van der Waals surface area contributed by atoms with Crippen LogP contribution in [0.25, 0.3) is 0 Å². The minimum Gasteiger partial charge on any atom is -0.396 e. The molecule has 2 heteroatoms. The van der Waals surface area contributed by atoms with Gasteiger partial charge in [0.2, 0.25) is 0 Å². The van der Waals surface area contributed by atoms with Crippen molar-refractivity contribution in [1.29, 1.82) is 0 Å². The summed E-state index contributed by atoms with van der Waals surface area (Å²) in [5.74, 6) is 1.58. The van der Waals surface area contributed by atoms with Gasteiger partial charge in [0.05, 0.1) is 6.10 Å². The third-order valence-electron chi connectivity index (χ3n) is 7.02. The van der Waals surface area contributed by atoms with Gasteiger partial charge in [-0.15, -0.1) is 0 Å². The molecule has 1 fully saturated rings. The molecule has 0 amide bonds. The van der Waals surface area contributed by atoms with Gasteiger partial charge in [-0.1, -0.05) is 37.8 Å². The molecular formula is C20H36O2. The van der Waals surface area contributed by atoms with Crippen LogP contribution in [0.5, 0.6) is 0 Å². The van der Waals surface area contributed by atoms with E-state index < -0.39 is 0 Å². The van der Waals surface area contributed by atoms with Crippen LogP contribution in [0, 0.1) is 23.2 Å². The highest BCUT2D eigenvalue weighted by molar-refractivity contribution is 5.13. The fraction of sp³-hybridized carbons (Fsp3) is 0.900. The van der Waals surface area contributed by atoms with E-state index in [-0.39, 0.29) is 18.1 Å². The molecule has 0 aromatic rings. The van der Waals surface area contributed by atoms with Gasteiger partial charge in [0, 0.05) is 6.61 Å². The number of hydrogen-bond donors (Lipinski definition) is 2. The van der Waals surface area contributed by atoms with E-state index in [0.29, 0.717) is 11.8 Å². The lowest BCUT2D eigenvalue weighted by atomic mass is 9.56. The minimum absolute atomic E-state index is 0.0298. The molecule has 0 heterocycles. The Morgan fingerprint density at radius 3 is 2.55 bits per heavy atom. The molecule has 2 N–H and O–H groups in total. The van der Waals surface area contributed by atoms with Gasteiger partial charge in [-0.2, -0.15) is 0 Å². The molecule has 22 heavy (non-hydrogen) atoms. The van der Waals surface area contributed by atoms with E-state index in [1.54, 1.807) is 0 Å². The second-order valence-electron chi connectivity index (χ2n) is 8.28. The zero-order chi connectivity index (χ0) is 16.3. The molecule has 0 bridgehead atoms. The van der Waals surface area contributed by atoms with Crippen LogP contribution in [0.1, 0.15) is 79.1 Å². The van der Waals surface area contributed by atoms with Gasteiger partial charge < -0.3 is 10.2 Å². The number of rotatable bonds is 2. The Balaban J connectivity index is 2.36. The third kappa shape index (κ3) is 3.59. The van der Waals surface area contributed by atoms with Crippen molar-refractivity contribution in [3.05, 3.63) is 11.1 Å². The van der Waals surface area contributed by atoms with E-state index in [2.05, 4.69) is 27.7 Å². The molecule has 2 rings (SSSR count). The normalized spacial score (nSPS) is 44.5. The molecule has 2 aliphatic carbocycles. The minimum atomic E-state index is -0.266. The highest BCUT2D eigenvalue weighted by Gasteiger charge is 2.47.